The van der Waals surface area contributed by atoms with Gasteiger partial charge in [-0.2, -0.15) is 0 Å². The third-order valence-electron chi connectivity index (χ3n) is 3.77. The summed E-state index contributed by atoms with van der Waals surface area (Å²) in [5, 5.41) is 0. The number of para-hydroxylation sites is 2. The molecule has 22 heavy (non-hydrogen) atoms. The van der Waals surface area contributed by atoms with E-state index in [4.69, 9.17) is 4.98 Å². The van der Waals surface area contributed by atoms with Crippen molar-refractivity contribution in [2.75, 3.05) is 0 Å². The Bertz CT molecular complexity index is 919. The van der Waals surface area contributed by atoms with Crippen molar-refractivity contribution in [2.45, 2.75) is 13.5 Å². The van der Waals surface area contributed by atoms with Crippen LogP contribution in [0.25, 0.3) is 16.7 Å². The van der Waals surface area contributed by atoms with Crippen molar-refractivity contribution in [3.63, 3.8) is 0 Å². The quantitative estimate of drug-likeness (QED) is 0.577. The summed E-state index contributed by atoms with van der Waals surface area (Å²) in [5.41, 5.74) is 4.52. The Balaban J connectivity index is 1.93. The summed E-state index contributed by atoms with van der Waals surface area (Å²) >= 11 is 0. The first-order chi connectivity index (χ1) is 10.8. The van der Waals surface area contributed by atoms with Gasteiger partial charge in [-0.15, -0.1) is 0 Å². The van der Waals surface area contributed by atoms with Gasteiger partial charge in [0, 0.05) is 18.1 Å². The number of aryl methyl sites for hydroxylation is 1. The summed E-state index contributed by atoms with van der Waals surface area (Å²) in [6, 6.07) is 16.7. The second-order valence-corrected chi connectivity index (χ2v) is 5.43. The molecule has 0 unspecified atom stereocenters. The van der Waals surface area contributed by atoms with Crippen molar-refractivity contribution < 1.29 is 0 Å². The van der Waals surface area contributed by atoms with Crippen LogP contribution in [-0.4, -0.2) is 19.1 Å². The molecule has 0 aliphatic carbocycles. The second-order valence-electron chi connectivity index (χ2n) is 5.43. The number of hydrogen-bond donors (Lipinski definition) is 0. The number of aromatic nitrogens is 4. The smallest absolute Gasteiger partial charge is 0.134 e. The number of fused-ring (bicyclic) bond motifs is 1. The fourth-order valence-electron chi connectivity index (χ4n) is 2.78. The van der Waals surface area contributed by atoms with E-state index in [0.717, 1.165) is 22.5 Å². The van der Waals surface area contributed by atoms with Gasteiger partial charge < -0.3 is 4.57 Å². The molecule has 0 radical (unpaired) electrons. The first kappa shape index (κ1) is 12.8. The predicted molar refractivity (Wildman–Crippen MR) is 87.1 cm³/mol. The van der Waals surface area contributed by atoms with Crippen molar-refractivity contribution in [3.05, 3.63) is 78.6 Å². The number of nitrogens with zero attached hydrogens (tertiary/aromatic N) is 4. The topological polar surface area (TPSA) is 35.6 Å². The summed E-state index contributed by atoms with van der Waals surface area (Å²) in [6.45, 7) is 2.81. The molecule has 4 nitrogen and oxygen atoms in total. The molecule has 0 N–H and O–H groups in total. The van der Waals surface area contributed by atoms with Gasteiger partial charge in [-0.05, 0) is 36.8 Å². The van der Waals surface area contributed by atoms with Gasteiger partial charge in [0.2, 0.25) is 0 Å². The van der Waals surface area contributed by atoms with Crippen molar-refractivity contribution in [1.29, 1.82) is 0 Å². The van der Waals surface area contributed by atoms with E-state index in [9.17, 15) is 0 Å². The molecule has 0 saturated heterocycles. The van der Waals surface area contributed by atoms with Crippen molar-refractivity contribution in [3.8, 4) is 5.69 Å². The van der Waals surface area contributed by atoms with Crippen LogP contribution in [0.15, 0.2) is 67.3 Å². The maximum absolute atomic E-state index is 4.81. The van der Waals surface area contributed by atoms with Gasteiger partial charge >= 0.3 is 0 Å². The third kappa shape index (κ3) is 2.19. The Hall–Kier alpha value is -2.88. The van der Waals surface area contributed by atoms with Gasteiger partial charge in [-0.25, -0.2) is 9.97 Å². The Morgan fingerprint density at radius 3 is 2.77 bits per heavy atom. The van der Waals surface area contributed by atoms with Gasteiger partial charge in [0.1, 0.15) is 5.82 Å². The first-order valence-electron chi connectivity index (χ1n) is 7.30. The Morgan fingerprint density at radius 2 is 1.95 bits per heavy atom. The van der Waals surface area contributed by atoms with Crippen molar-refractivity contribution in [1.82, 2.24) is 19.1 Å². The van der Waals surface area contributed by atoms with Gasteiger partial charge in [0.15, 0.2) is 0 Å². The molecule has 0 aliphatic heterocycles. The van der Waals surface area contributed by atoms with Crippen LogP contribution in [0.1, 0.15) is 11.4 Å². The highest BCUT2D eigenvalue weighted by Crippen LogP contribution is 2.22. The number of imidazole rings is 2. The maximum Gasteiger partial charge on any atom is 0.134 e. The van der Waals surface area contributed by atoms with Crippen LogP contribution in [0.2, 0.25) is 0 Å². The fraction of sp³-hybridized carbons (Fsp3) is 0.111. The van der Waals surface area contributed by atoms with Gasteiger partial charge in [-0.1, -0.05) is 24.3 Å². The zero-order chi connectivity index (χ0) is 14.9. The molecule has 4 heteroatoms. The lowest BCUT2D eigenvalue weighted by Crippen LogP contribution is -2.06. The van der Waals surface area contributed by atoms with Crippen molar-refractivity contribution >= 4 is 11.0 Å². The summed E-state index contributed by atoms with van der Waals surface area (Å²) < 4.78 is 4.26. The average molecular weight is 288 g/mol. The van der Waals surface area contributed by atoms with Crippen LogP contribution in [0.5, 0.6) is 0 Å². The van der Waals surface area contributed by atoms with Crippen LogP contribution < -0.4 is 0 Å². The largest absolute Gasteiger partial charge is 0.330 e. The van der Waals surface area contributed by atoms with E-state index in [1.807, 2.05) is 23.2 Å². The lowest BCUT2D eigenvalue weighted by atomic mass is 10.2. The summed E-state index contributed by atoms with van der Waals surface area (Å²) in [7, 11) is 0. The van der Waals surface area contributed by atoms with E-state index in [2.05, 4.69) is 58.9 Å². The number of benzene rings is 2. The zero-order valence-electron chi connectivity index (χ0n) is 12.3. The van der Waals surface area contributed by atoms with Crippen LogP contribution in [0.3, 0.4) is 0 Å². The normalized spacial score (nSPS) is 11.1. The fourth-order valence-corrected chi connectivity index (χ4v) is 2.78. The Labute approximate surface area is 128 Å². The summed E-state index contributed by atoms with van der Waals surface area (Å²) in [5.74, 6) is 1.00. The lowest BCUT2D eigenvalue weighted by molar-refractivity contribution is 0.733. The third-order valence-corrected chi connectivity index (χ3v) is 3.77. The molecule has 0 spiro atoms. The summed E-state index contributed by atoms with van der Waals surface area (Å²) in [4.78, 5) is 8.92. The van der Waals surface area contributed by atoms with Crippen LogP contribution in [0, 0.1) is 6.92 Å². The summed E-state index contributed by atoms with van der Waals surface area (Å²) in [6.07, 6.45) is 5.57. The maximum atomic E-state index is 4.81. The van der Waals surface area contributed by atoms with Crippen molar-refractivity contribution in [2.24, 2.45) is 0 Å². The Kier molecular flexibility index (Phi) is 3.00. The minimum absolute atomic E-state index is 0.697. The molecule has 0 fully saturated rings. The zero-order valence-corrected chi connectivity index (χ0v) is 12.3. The van der Waals surface area contributed by atoms with E-state index >= 15 is 0 Å². The van der Waals surface area contributed by atoms with E-state index in [1.54, 1.807) is 6.20 Å². The predicted octanol–water partition coefficient (Wildman–Crippen LogP) is 3.58. The Morgan fingerprint density at radius 1 is 1.05 bits per heavy atom. The minimum Gasteiger partial charge on any atom is -0.330 e. The monoisotopic (exact) mass is 288 g/mol. The molecule has 4 rings (SSSR count). The van der Waals surface area contributed by atoms with Gasteiger partial charge in [-0.3, -0.25) is 4.57 Å². The molecule has 2 heterocycles. The molecule has 0 bridgehead atoms. The molecule has 0 aliphatic rings. The highest BCUT2D eigenvalue weighted by atomic mass is 15.1. The molecule has 0 amide bonds. The van der Waals surface area contributed by atoms with E-state index in [-0.39, 0.29) is 0 Å². The van der Waals surface area contributed by atoms with Gasteiger partial charge in [0.25, 0.3) is 0 Å². The molecule has 0 saturated carbocycles. The lowest BCUT2D eigenvalue weighted by Gasteiger charge is -2.10. The minimum atomic E-state index is 0.697. The van der Waals surface area contributed by atoms with Crippen LogP contribution in [0.4, 0.5) is 0 Å². The molecular formula is C18H16N4. The average Bonchev–Trinajstić information content (AvgIpc) is 3.14. The van der Waals surface area contributed by atoms with Gasteiger partial charge in [0.05, 0.1) is 23.9 Å². The molecule has 2 aromatic heterocycles. The molecular weight excluding hydrogens is 272 g/mol. The van der Waals surface area contributed by atoms with Crippen LogP contribution in [-0.2, 0) is 6.54 Å². The second kappa shape index (κ2) is 5.15. The molecule has 4 aromatic rings. The molecule has 108 valence electrons. The highest BCUT2D eigenvalue weighted by molar-refractivity contribution is 5.78. The highest BCUT2D eigenvalue weighted by Gasteiger charge is 2.12. The SMILES string of the molecule is Cc1cccc(-n2c(Cn3ccnc3)nc3ccccc32)c1. The first-order valence-corrected chi connectivity index (χ1v) is 7.30. The molecule has 2 aromatic carbocycles. The van der Waals surface area contributed by atoms with Crippen LogP contribution >= 0.6 is 0 Å². The van der Waals surface area contributed by atoms with E-state index in [0.29, 0.717) is 6.54 Å². The van der Waals surface area contributed by atoms with E-state index < -0.39 is 0 Å². The number of rotatable bonds is 3. The standard InChI is InChI=1S/C18H16N4/c1-14-5-4-6-15(11-14)22-17-8-3-2-7-16(17)20-18(22)12-21-10-9-19-13-21/h2-11,13H,12H2,1H3. The number of hydrogen-bond acceptors (Lipinski definition) is 2. The molecule has 0 atom stereocenters. The van der Waals surface area contributed by atoms with E-state index in [1.165, 1.54) is 5.56 Å².